The molecule has 2 N–H and O–H groups in total. The fraction of sp³-hybridized carbons (Fsp3) is 0. The van der Waals surface area contributed by atoms with E-state index in [0.29, 0.717) is 0 Å². The fourth-order valence-electron chi connectivity index (χ4n) is 0. The SMILES string of the molecule is [Ba+2].[Ba+2].[Ba+2].[Ba+2].[Ba+2].[Ba+2].[Ba+2].[Ba+2].[Ba+2].[H-].[H-].[H-].[H-].[H-].[H-].[H-].[H-].[H-].[H-].[H-].[H-].[H-].[H-].[H-].[H-].[OH-].[OH-]. The van der Waals surface area contributed by atoms with Crippen molar-refractivity contribution in [1.82, 2.24) is 0 Å². The van der Waals surface area contributed by atoms with Crippen LogP contribution in [0.2, 0.25) is 0 Å². The van der Waals surface area contributed by atoms with Crippen LogP contribution in [-0.2, 0) is 0 Å². The molecule has 0 rings (SSSR count). The predicted octanol–water partition coefficient (Wildman–Crippen LogP) is -1.98. The van der Waals surface area contributed by atoms with Crippen LogP contribution in [0.3, 0.4) is 0 Å². The molecule has 0 atom stereocenters. The Morgan fingerprint density at radius 3 is 0.273 bits per heavy atom. The van der Waals surface area contributed by atoms with Crippen LogP contribution >= 0.6 is 0 Å². The molecule has 0 fully saturated rings. The van der Waals surface area contributed by atoms with Gasteiger partial charge in [0.1, 0.15) is 0 Å². The van der Waals surface area contributed by atoms with Crippen molar-refractivity contribution in [3.8, 4) is 0 Å². The first-order valence-electron chi connectivity index (χ1n) is 0. The topological polar surface area (TPSA) is 60.0 Å². The molecule has 0 aliphatic carbocycles. The minimum Gasteiger partial charge on any atom is -1.00 e. The van der Waals surface area contributed by atoms with E-state index in [2.05, 4.69) is 0 Å². The van der Waals surface area contributed by atoms with E-state index in [1.54, 1.807) is 0 Å². The molecule has 0 radical (unpaired) electrons. The minimum absolute atomic E-state index is 0. The molecule has 0 aliphatic rings. The Balaban J connectivity index is 0. The van der Waals surface area contributed by atoms with Gasteiger partial charge in [-0.2, -0.15) is 0 Å². The molecule has 0 aliphatic heterocycles. The smallest absolute Gasteiger partial charge is 1.00 e. The van der Waals surface area contributed by atoms with Crippen molar-refractivity contribution < 1.29 is 33.8 Å². The third kappa shape index (κ3) is 59.2. The molecule has 48 valence electrons. The van der Waals surface area contributed by atoms with Gasteiger partial charge < -0.3 is 33.8 Å². The molecule has 0 aromatic rings. The number of hydrogen-bond donors (Lipinski definition) is 0. The maximum atomic E-state index is 0. The molecule has 11 heteroatoms. The summed E-state index contributed by atoms with van der Waals surface area (Å²) in [5.74, 6) is 0. The third-order valence-corrected chi connectivity index (χ3v) is 0. The van der Waals surface area contributed by atoms with E-state index >= 15 is 0 Å². The molecule has 0 aromatic carbocycles. The Morgan fingerprint density at radius 2 is 0.273 bits per heavy atom. The van der Waals surface area contributed by atoms with Crippen molar-refractivity contribution in [2.75, 3.05) is 0 Å². The van der Waals surface area contributed by atoms with Gasteiger partial charge in [-0.25, -0.2) is 0 Å². The van der Waals surface area contributed by atoms with E-state index in [9.17, 15) is 0 Å². The van der Waals surface area contributed by atoms with Gasteiger partial charge in [0.25, 0.3) is 0 Å². The van der Waals surface area contributed by atoms with Crippen LogP contribution in [-0.4, -0.2) is 451 Å². The molecule has 0 aromatic heterocycles. The molecule has 0 saturated heterocycles. The van der Waals surface area contributed by atoms with Crippen molar-refractivity contribution in [2.24, 2.45) is 0 Å². The summed E-state index contributed by atoms with van der Waals surface area (Å²) in [5.41, 5.74) is 0. The second kappa shape index (κ2) is 64.7. The summed E-state index contributed by atoms with van der Waals surface area (Å²) in [6, 6.07) is 0. The van der Waals surface area contributed by atoms with Gasteiger partial charge in [0.05, 0.1) is 0 Å². The third-order valence-electron chi connectivity index (χ3n) is 0. The van der Waals surface area contributed by atoms with Crippen molar-refractivity contribution in [3.05, 3.63) is 0 Å². The number of hydrogen-bond acceptors (Lipinski definition) is 2. The Kier molecular flexibility index (Phi) is 432. The molecule has 0 saturated carbocycles. The molecule has 2 nitrogen and oxygen atoms in total. The van der Waals surface area contributed by atoms with E-state index in [1.165, 1.54) is 0 Å². The van der Waals surface area contributed by atoms with Crippen molar-refractivity contribution in [1.29, 1.82) is 0 Å². The van der Waals surface area contributed by atoms with Crippen LogP contribution in [0, 0.1) is 0 Å². The summed E-state index contributed by atoms with van der Waals surface area (Å²) in [7, 11) is 0. The van der Waals surface area contributed by atoms with Gasteiger partial charge in [0.2, 0.25) is 0 Å². The van der Waals surface area contributed by atoms with Crippen molar-refractivity contribution in [3.63, 3.8) is 0 Å². The van der Waals surface area contributed by atoms with Crippen LogP contribution in [0.15, 0.2) is 0 Å². The van der Waals surface area contributed by atoms with E-state index in [4.69, 9.17) is 0 Å². The molecule has 11 heavy (non-hydrogen) atoms. The molecule has 0 bridgehead atoms. The van der Waals surface area contributed by atoms with Crippen LogP contribution in [0.5, 0.6) is 0 Å². The normalized spacial score (nSPS) is 0. The molecule has 0 heterocycles. The van der Waals surface area contributed by atoms with Gasteiger partial charge in [-0.3, -0.25) is 0 Å². The Labute approximate surface area is 455 Å². The maximum Gasteiger partial charge on any atom is 2.00 e. The van der Waals surface area contributed by atoms with Crippen molar-refractivity contribution in [2.45, 2.75) is 0 Å². The van der Waals surface area contributed by atoms with E-state index in [1.807, 2.05) is 0 Å². The van der Waals surface area contributed by atoms with E-state index in [0.717, 1.165) is 0 Å². The summed E-state index contributed by atoms with van der Waals surface area (Å²) in [5, 5.41) is 0. The van der Waals surface area contributed by atoms with Crippen LogP contribution in [0.1, 0.15) is 22.8 Å². The zero-order valence-corrected chi connectivity index (χ0v) is 47.2. The van der Waals surface area contributed by atoms with Gasteiger partial charge in [-0.15, -0.1) is 0 Å². The molecule has 0 amide bonds. The first-order chi connectivity index (χ1) is 0. The average Bonchev–Trinajstić information content (AvgIpc) is 0. The average molecular weight is 1290 g/mol. The Hall–Kier alpha value is 14.1. The van der Waals surface area contributed by atoms with Gasteiger partial charge in [0.15, 0.2) is 0 Å². The largest absolute Gasteiger partial charge is 2.00 e. The molecule has 0 unspecified atom stereocenters. The van der Waals surface area contributed by atoms with Gasteiger partial charge in [-0.1, -0.05) is 0 Å². The maximum absolute atomic E-state index is 0. The second-order valence-electron chi connectivity index (χ2n) is 0. The molecular weight excluding hydrogens is 1270 g/mol. The van der Waals surface area contributed by atoms with Crippen molar-refractivity contribution >= 4 is 440 Å². The zero-order valence-electron chi connectivity index (χ0n) is 23.3. The molecule has 0 spiro atoms. The minimum atomic E-state index is 0. The zero-order chi connectivity index (χ0) is 0. The summed E-state index contributed by atoms with van der Waals surface area (Å²) in [6.07, 6.45) is 0. The fourth-order valence-corrected chi connectivity index (χ4v) is 0. The van der Waals surface area contributed by atoms with Gasteiger partial charge >= 0.3 is 440 Å². The van der Waals surface area contributed by atoms with Gasteiger partial charge in [0, 0.05) is 0 Å². The summed E-state index contributed by atoms with van der Waals surface area (Å²) in [4.78, 5) is 0. The summed E-state index contributed by atoms with van der Waals surface area (Å²) >= 11 is 0. The second-order valence-corrected chi connectivity index (χ2v) is 0. The standard InChI is InChI=1S/9Ba.2H2O.16H/h;;;;;;;;;2*1H2;;;;;;;;;;;;;;;;/q9*+2;;;16*-1/p-2. The van der Waals surface area contributed by atoms with E-state index < -0.39 is 0 Å². The first kappa shape index (κ1) is 73.4. The quantitative estimate of drug-likeness (QED) is 0.265. The van der Waals surface area contributed by atoms with Crippen LogP contribution in [0.4, 0.5) is 0 Å². The Bertz CT molecular complexity index is 33.9. The van der Waals surface area contributed by atoms with E-state index in [-0.39, 0.29) is 474 Å². The first-order valence-corrected chi connectivity index (χ1v) is 0. The van der Waals surface area contributed by atoms with Crippen LogP contribution < -0.4 is 0 Å². The van der Waals surface area contributed by atoms with Crippen LogP contribution in [0.25, 0.3) is 0 Å². The summed E-state index contributed by atoms with van der Waals surface area (Å²) < 4.78 is 0. The predicted molar refractivity (Wildman–Crippen MR) is 73.4 cm³/mol. The number of rotatable bonds is 0. The van der Waals surface area contributed by atoms with Gasteiger partial charge in [-0.05, 0) is 0 Å². The Morgan fingerprint density at radius 1 is 0.273 bits per heavy atom. The monoisotopic (exact) mass is 1290 g/mol. The molecular formula is H18Ba9O2. The summed E-state index contributed by atoms with van der Waals surface area (Å²) in [6.45, 7) is 0.